The van der Waals surface area contributed by atoms with Gasteiger partial charge in [-0.25, -0.2) is 17.1 Å². The third-order valence-corrected chi connectivity index (χ3v) is 7.04. The summed E-state index contributed by atoms with van der Waals surface area (Å²) in [6, 6.07) is 3.22. The van der Waals surface area contributed by atoms with E-state index in [1.165, 1.54) is 0 Å². The maximum absolute atomic E-state index is 13.1. The Bertz CT molecular complexity index is 786. The molecule has 0 radical (unpaired) electrons. The third kappa shape index (κ3) is 3.75. The Morgan fingerprint density at radius 1 is 1.12 bits per heavy atom. The van der Waals surface area contributed by atoms with Gasteiger partial charge in [-0.2, -0.15) is 0 Å². The minimum atomic E-state index is -4.19. The van der Waals surface area contributed by atoms with Crippen molar-refractivity contribution in [2.75, 3.05) is 0 Å². The minimum Gasteiger partial charge on any atom is -0.352 e. The molecule has 0 aromatic heterocycles. The van der Waals surface area contributed by atoms with Gasteiger partial charge in [-0.05, 0) is 62.3 Å². The molecule has 8 heteroatoms. The lowest BCUT2D eigenvalue weighted by Gasteiger charge is -2.29. The molecule has 1 aromatic rings. The average Bonchev–Trinajstić information content (AvgIpc) is 3.00. The van der Waals surface area contributed by atoms with Gasteiger partial charge in [0, 0.05) is 12.5 Å². The molecule has 26 heavy (non-hydrogen) atoms. The molecule has 3 rings (SSSR count). The summed E-state index contributed by atoms with van der Waals surface area (Å²) in [7, 11) is -4.19. The number of nitrogens with zero attached hydrogens (tertiary/aromatic N) is 1. The Balaban J connectivity index is 1.77. The highest BCUT2D eigenvalue weighted by atomic mass is 32.2. The number of rotatable bonds is 4. The van der Waals surface area contributed by atoms with Crippen molar-refractivity contribution >= 4 is 21.8 Å². The van der Waals surface area contributed by atoms with Gasteiger partial charge in [0.25, 0.3) is 10.0 Å². The van der Waals surface area contributed by atoms with E-state index in [1.54, 1.807) is 0 Å². The zero-order valence-corrected chi connectivity index (χ0v) is 15.5. The molecule has 0 spiro atoms. The highest BCUT2D eigenvalue weighted by molar-refractivity contribution is 7.89. The minimum absolute atomic E-state index is 0.000210. The smallest absolute Gasteiger partial charge is 0.267 e. The molecule has 1 aliphatic heterocycles. The van der Waals surface area contributed by atoms with Gasteiger partial charge in [0.05, 0.1) is 4.90 Å². The number of carbonyl (C=O) groups is 2. The monoisotopic (exact) mass is 382 g/mol. The number of sulfonamides is 1. The maximum Gasteiger partial charge on any atom is 0.267 e. The summed E-state index contributed by atoms with van der Waals surface area (Å²) < 4.78 is 39.4. The predicted octanol–water partition coefficient (Wildman–Crippen LogP) is 2.20. The second kappa shape index (κ2) is 7.34. The summed E-state index contributed by atoms with van der Waals surface area (Å²) in [6.45, 7) is 2.17. The van der Waals surface area contributed by atoms with E-state index in [0.717, 1.165) is 49.9 Å². The molecular formula is C18H23FN2O4S. The number of carbonyl (C=O) groups excluding carboxylic acids is 2. The molecule has 1 atom stereocenters. The summed E-state index contributed by atoms with van der Waals surface area (Å²) in [4.78, 5) is 24.7. The van der Waals surface area contributed by atoms with Crippen molar-refractivity contribution in [2.24, 2.45) is 5.92 Å². The highest BCUT2D eigenvalue weighted by Crippen LogP contribution is 2.29. The first-order valence-corrected chi connectivity index (χ1v) is 10.4. The van der Waals surface area contributed by atoms with Gasteiger partial charge in [0.15, 0.2) is 0 Å². The van der Waals surface area contributed by atoms with Gasteiger partial charge in [-0.15, -0.1) is 0 Å². The van der Waals surface area contributed by atoms with Crippen molar-refractivity contribution in [1.29, 1.82) is 0 Å². The number of hydrogen-bond donors (Lipinski definition) is 1. The van der Waals surface area contributed by atoms with Gasteiger partial charge in [-0.1, -0.05) is 6.92 Å². The largest absolute Gasteiger partial charge is 0.352 e. The number of benzene rings is 1. The number of nitrogens with one attached hydrogen (secondary N) is 1. The molecule has 1 saturated heterocycles. The van der Waals surface area contributed by atoms with Crippen LogP contribution in [0.4, 0.5) is 4.39 Å². The molecule has 2 aliphatic rings. The predicted molar refractivity (Wildman–Crippen MR) is 93.0 cm³/mol. The van der Waals surface area contributed by atoms with Gasteiger partial charge in [0.1, 0.15) is 11.9 Å². The van der Waals surface area contributed by atoms with Crippen LogP contribution in [0.2, 0.25) is 0 Å². The second-order valence-electron chi connectivity index (χ2n) is 7.17. The van der Waals surface area contributed by atoms with Gasteiger partial charge >= 0.3 is 0 Å². The summed E-state index contributed by atoms with van der Waals surface area (Å²) >= 11 is 0. The molecule has 1 N–H and O–H groups in total. The molecule has 1 aromatic carbocycles. The zero-order chi connectivity index (χ0) is 18.9. The molecule has 6 nitrogen and oxygen atoms in total. The second-order valence-corrected chi connectivity index (χ2v) is 8.98. The van der Waals surface area contributed by atoms with Crippen LogP contribution in [0.15, 0.2) is 29.2 Å². The molecule has 1 unspecified atom stereocenters. The van der Waals surface area contributed by atoms with Crippen LogP contribution in [0, 0.1) is 11.7 Å². The summed E-state index contributed by atoms with van der Waals surface area (Å²) in [6.07, 6.45) is 3.92. The normalized spacial score (nSPS) is 26.8. The summed E-state index contributed by atoms with van der Waals surface area (Å²) in [5.74, 6) is -0.975. The van der Waals surface area contributed by atoms with Crippen molar-refractivity contribution in [2.45, 2.75) is 62.4 Å². The van der Waals surface area contributed by atoms with Crippen molar-refractivity contribution in [3.05, 3.63) is 30.1 Å². The van der Waals surface area contributed by atoms with Crippen LogP contribution >= 0.6 is 0 Å². The topological polar surface area (TPSA) is 83.6 Å². The van der Waals surface area contributed by atoms with Crippen molar-refractivity contribution in [1.82, 2.24) is 9.62 Å². The van der Waals surface area contributed by atoms with E-state index in [-0.39, 0.29) is 23.8 Å². The number of halogens is 1. The van der Waals surface area contributed by atoms with Crippen molar-refractivity contribution < 1.29 is 22.4 Å². The Kier molecular flexibility index (Phi) is 5.32. The molecule has 142 valence electrons. The Morgan fingerprint density at radius 3 is 2.35 bits per heavy atom. The fraction of sp³-hybridized carbons (Fsp3) is 0.556. The molecule has 2 amide bonds. The Hall–Kier alpha value is -1.96. The SMILES string of the molecule is CC1CCC(NC(=O)C2CCC(=O)N2S(=O)(=O)c2ccc(F)cc2)CC1. The number of hydrogen-bond acceptors (Lipinski definition) is 4. The molecule has 1 aliphatic carbocycles. The Morgan fingerprint density at radius 2 is 1.73 bits per heavy atom. The fourth-order valence-electron chi connectivity index (χ4n) is 3.62. The van der Waals surface area contributed by atoms with Crippen molar-refractivity contribution in [3.8, 4) is 0 Å². The molecular weight excluding hydrogens is 359 g/mol. The van der Waals surface area contributed by atoms with E-state index >= 15 is 0 Å². The lowest BCUT2D eigenvalue weighted by Crippen LogP contribution is -2.50. The van der Waals surface area contributed by atoms with Gasteiger partial charge < -0.3 is 5.32 Å². The molecule has 0 bridgehead atoms. The van der Waals surface area contributed by atoms with Crippen LogP contribution in [0.25, 0.3) is 0 Å². The quantitative estimate of drug-likeness (QED) is 0.865. The highest BCUT2D eigenvalue weighted by Gasteiger charge is 2.44. The first-order valence-electron chi connectivity index (χ1n) is 8.92. The third-order valence-electron chi connectivity index (χ3n) is 5.20. The molecule has 1 heterocycles. The summed E-state index contributed by atoms with van der Waals surface area (Å²) in [5, 5.41) is 2.91. The van der Waals surface area contributed by atoms with Crippen LogP contribution in [-0.4, -0.2) is 36.6 Å². The first-order chi connectivity index (χ1) is 12.3. The van der Waals surface area contributed by atoms with E-state index in [4.69, 9.17) is 0 Å². The fourth-order valence-corrected chi connectivity index (χ4v) is 5.23. The Labute approximate surface area is 152 Å². The van der Waals surface area contributed by atoms with E-state index in [0.29, 0.717) is 10.2 Å². The molecule has 1 saturated carbocycles. The van der Waals surface area contributed by atoms with Gasteiger partial charge in [-0.3, -0.25) is 9.59 Å². The lowest BCUT2D eigenvalue weighted by atomic mass is 9.87. The molecule has 2 fully saturated rings. The van der Waals surface area contributed by atoms with Gasteiger partial charge in [0.2, 0.25) is 11.8 Å². The lowest BCUT2D eigenvalue weighted by molar-refractivity contribution is -0.131. The van der Waals surface area contributed by atoms with E-state index in [9.17, 15) is 22.4 Å². The van der Waals surface area contributed by atoms with Crippen LogP contribution in [0.1, 0.15) is 45.4 Å². The van der Waals surface area contributed by atoms with Crippen molar-refractivity contribution in [3.63, 3.8) is 0 Å². The van der Waals surface area contributed by atoms with E-state index in [2.05, 4.69) is 12.2 Å². The van der Waals surface area contributed by atoms with Crippen LogP contribution < -0.4 is 5.32 Å². The van der Waals surface area contributed by atoms with Crippen LogP contribution in [-0.2, 0) is 19.6 Å². The van der Waals surface area contributed by atoms with E-state index < -0.39 is 33.7 Å². The van der Waals surface area contributed by atoms with Crippen LogP contribution in [0.5, 0.6) is 0 Å². The first kappa shape index (κ1) is 18.8. The average molecular weight is 382 g/mol. The number of amides is 2. The standard InChI is InChI=1S/C18H23FN2O4S/c1-12-2-6-14(7-3-12)20-18(23)16-10-11-17(22)21(16)26(24,25)15-8-4-13(19)5-9-15/h4-5,8-9,12,14,16H,2-3,6-7,10-11H2,1H3,(H,20,23). The maximum atomic E-state index is 13.1. The van der Waals surface area contributed by atoms with Crippen LogP contribution in [0.3, 0.4) is 0 Å². The zero-order valence-electron chi connectivity index (χ0n) is 14.7. The summed E-state index contributed by atoms with van der Waals surface area (Å²) in [5.41, 5.74) is 0. The van der Waals surface area contributed by atoms with E-state index in [1.807, 2.05) is 0 Å².